The summed E-state index contributed by atoms with van der Waals surface area (Å²) in [6.07, 6.45) is 2.44. The fourth-order valence-electron chi connectivity index (χ4n) is 3.01. The normalized spacial score (nSPS) is 15.5. The Morgan fingerprint density at radius 3 is 2.38 bits per heavy atom. The molecular formula is C19H30N2O3. The van der Waals surface area contributed by atoms with Crippen LogP contribution in [0.2, 0.25) is 0 Å². The molecule has 0 bridgehead atoms. The van der Waals surface area contributed by atoms with Gasteiger partial charge in [0.05, 0.1) is 0 Å². The molecule has 0 aliphatic carbocycles. The van der Waals surface area contributed by atoms with Crippen molar-refractivity contribution in [1.29, 1.82) is 0 Å². The van der Waals surface area contributed by atoms with E-state index in [-0.39, 0.29) is 5.54 Å². The molecule has 1 amide bonds. The molecule has 0 atom stereocenters. The molecule has 24 heavy (non-hydrogen) atoms. The highest BCUT2D eigenvalue weighted by molar-refractivity contribution is 5.66. The van der Waals surface area contributed by atoms with Crippen LogP contribution >= 0.6 is 0 Å². The lowest BCUT2D eigenvalue weighted by atomic mass is 10.1. The van der Waals surface area contributed by atoms with Crippen LogP contribution in [0.1, 0.15) is 39.2 Å². The molecule has 1 aliphatic rings. The van der Waals surface area contributed by atoms with Crippen LogP contribution in [0.5, 0.6) is 5.75 Å². The SMILES string of the molecule is CC(C)(C)N(CCc1ccc(OCCN2CCCC2)cc1)C(=O)O. The van der Waals surface area contributed by atoms with E-state index in [2.05, 4.69) is 4.90 Å². The molecule has 5 heteroatoms. The third-order valence-electron chi connectivity index (χ3n) is 4.46. The molecule has 0 saturated carbocycles. The van der Waals surface area contributed by atoms with Gasteiger partial charge in [0.2, 0.25) is 0 Å². The molecule has 0 radical (unpaired) electrons. The van der Waals surface area contributed by atoms with Crippen LogP contribution in [-0.2, 0) is 6.42 Å². The van der Waals surface area contributed by atoms with E-state index in [4.69, 9.17) is 4.74 Å². The van der Waals surface area contributed by atoms with Crippen LogP contribution in [0, 0.1) is 0 Å². The molecule has 1 saturated heterocycles. The van der Waals surface area contributed by atoms with Crippen LogP contribution in [0.25, 0.3) is 0 Å². The highest BCUT2D eigenvalue weighted by Gasteiger charge is 2.25. The van der Waals surface area contributed by atoms with Gasteiger partial charge in [-0.15, -0.1) is 0 Å². The first-order valence-electron chi connectivity index (χ1n) is 8.81. The summed E-state index contributed by atoms with van der Waals surface area (Å²) in [6.45, 7) is 10.3. The van der Waals surface area contributed by atoms with Crippen molar-refractivity contribution in [3.63, 3.8) is 0 Å². The van der Waals surface area contributed by atoms with Crippen LogP contribution < -0.4 is 4.74 Å². The number of hydrogen-bond donors (Lipinski definition) is 1. The fourth-order valence-corrected chi connectivity index (χ4v) is 3.01. The molecule has 2 rings (SSSR count). The monoisotopic (exact) mass is 334 g/mol. The quantitative estimate of drug-likeness (QED) is 0.829. The lowest BCUT2D eigenvalue weighted by molar-refractivity contribution is 0.101. The number of carboxylic acid groups (broad SMARTS) is 1. The van der Waals surface area contributed by atoms with Gasteiger partial charge in [-0.1, -0.05) is 12.1 Å². The molecule has 0 spiro atoms. The van der Waals surface area contributed by atoms with Gasteiger partial charge in [0.25, 0.3) is 0 Å². The predicted octanol–water partition coefficient (Wildman–Crippen LogP) is 3.48. The maximum absolute atomic E-state index is 11.4. The zero-order chi connectivity index (χ0) is 17.6. The Morgan fingerprint density at radius 1 is 1.21 bits per heavy atom. The first kappa shape index (κ1) is 18.6. The lowest BCUT2D eigenvalue weighted by Gasteiger charge is -2.33. The number of carbonyl (C=O) groups is 1. The van der Waals surface area contributed by atoms with Crippen molar-refractivity contribution in [1.82, 2.24) is 9.80 Å². The highest BCUT2D eigenvalue weighted by Crippen LogP contribution is 2.17. The first-order valence-corrected chi connectivity index (χ1v) is 8.81. The number of ether oxygens (including phenoxy) is 1. The number of likely N-dealkylation sites (tertiary alicyclic amines) is 1. The van der Waals surface area contributed by atoms with E-state index in [0.717, 1.165) is 24.5 Å². The Labute approximate surface area is 145 Å². The zero-order valence-corrected chi connectivity index (χ0v) is 15.1. The third-order valence-corrected chi connectivity index (χ3v) is 4.46. The predicted molar refractivity (Wildman–Crippen MR) is 95.8 cm³/mol. The molecule has 1 fully saturated rings. The summed E-state index contributed by atoms with van der Waals surface area (Å²) >= 11 is 0. The van der Waals surface area contributed by atoms with Gasteiger partial charge in [-0.25, -0.2) is 4.79 Å². The van der Waals surface area contributed by atoms with Crippen molar-refractivity contribution < 1.29 is 14.6 Å². The van der Waals surface area contributed by atoms with Crippen molar-refractivity contribution in [2.45, 2.75) is 45.6 Å². The molecule has 0 unspecified atom stereocenters. The summed E-state index contributed by atoms with van der Waals surface area (Å²) in [6, 6.07) is 7.99. The Kier molecular flexibility index (Phi) is 6.49. The first-order chi connectivity index (χ1) is 11.4. The fraction of sp³-hybridized carbons (Fsp3) is 0.632. The lowest BCUT2D eigenvalue weighted by Crippen LogP contribution is -2.45. The van der Waals surface area contributed by atoms with E-state index in [1.165, 1.54) is 30.8 Å². The molecule has 134 valence electrons. The number of rotatable bonds is 7. The minimum atomic E-state index is -0.871. The molecule has 0 aromatic heterocycles. The largest absolute Gasteiger partial charge is 0.492 e. The van der Waals surface area contributed by atoms with E-state index < -0.39 is 6.09 Å². The average molecular weight is 334 g/mol. The van der Waals surface area contributed by atoms with Crippen molar-refractivity contribution in [3.05, 3.63) is 29.8 Å². The van der Waals surface area contributed by atoms with Gasteiger partial charge >= 0.3 is 6.09 Å². The van der Waals surface area contributed by atoms with Crippen molar-refractivity contribution in [3.8, 4) is 5.75 Å². The highest BCUT2D eigenvalue weighted by atomic mass is 16.5. The molecule has 1 aromatic carbocycles. The summed E-state index contributed by atoms with van der Waals surface area (Å²) < 4.78 is 5.79. The Hall–Kier alpha value is -1.75. The molecular weight excluding hydrogens is 304 g/mol. The number of amides is 1. The van der Waals surface area contributed by atoms with Crippen molar-refractivity contribution in [2.75, 3.05) is 32.8 Å². The summed E-state index contributed by atoms with van der Waals surface area (Å²) in [5, 5.41) is 9.32. The van der Waals surface area contributed by atoms with Crippen molar-refractivity contribution >= 4 is 6.09 Å². The second kappa shape index (κ2) is 8.38. The maximum Gasteiger partial charge on any atom is 0.407 e. The minimum Gasteiger partial charge on any atom is -0.492 e. The summed E-state index contributed by atoms with van der Waals surface area (Å²) in [5.41, 5.74) is 0.738. The van der Waals surface area contributed by atoms with Crippen LogP contribution in [-0.4, -0.2) is 59.3 Å². The molecule has 1 aromatic rings. The third kappa shape index (κ3) is 5.71. The van der Waals surface area contributed by atoms with Gasteiger partial charge < -0.3 is 14.7 Å². The summed E-state index contributed by atoms with van der Waals surface area (Å²) in [7, 11) is 0. The summed E-state index contributed by atoms with van der Waals surface area (Å²) in [4.78, 5) is 15.3. The van der Waals surface area contributed by atoms with E-state index >= 15 is 0 Å². The Bertz CT molecular complexity index is 516. The average Bonchev–Trinajstić information content (AvgIpc) is 3.00. The zero-order valence-electron chi connectivity index (χ0n) is 15.1. The van der Waals surface area contributed by atoms with E-state index in [0.29, 0.717) is 13.0 Å². The molecule has 1 N–H and O–H groups in total. The Morgan fingerprint density at radius 2 is 1.83 bits per heavy atom. The second-order valence-corrected chi connectivity index (χ2v) is 7.40. The number of benzene rings is 1. The molecule has 1 heterocycles. The van der Waals surface area contributed by atoms with Crippen LogP contribution in [0.4, 0.5) is 4.79 Å². The Balaban J connectivity index is 1.77. The van der Waals surface area contributed by atoms with Gasteiger partial charge in [-0.3, -0.25) is 4.90 Å². The van der Waals surface area contributed by atoms with E-state index in [9.17, 15) is 9.90 Å². The van der Waals surface area contributed by atoms with Gasteiger partial charge in [-0.05, 0) is 70.8 Å². The molecule has 5 nitrogen and oxygen atoms in total. The van der Waals surface area contributed by atoms with Gasteiger partial charge in [0.15, 0.2) is 0 Å². The van der Waals surface area contributed by atoms with Crippen molar-refractivity contribution in [2.24, 2.45) is 0 Å². The number of nitrogens with zero attached hydrogens (tertiary/aromatic N) is 2. The molecule has 1 aliphatic heterocycles. The maximum atomic E-state index is 11.4. The minimum absolute atomic E-state index is 0.384. The van der Waals surface area contributed by atoms with E-state index in [1.54, 1.807) is 0 Å². The van der Waals surface area contributed by atoms with Gasteiger partial charge in [-0.2, -0.15) is 0 Å². The smallest absolute Gasteiger partial charge is 0.407 e. The second-order valence-electron chi connectivity index (χ2n) is 7.40. The standard InChI is InChI=1S/C19H30N2O3/c1-19(2,3)21(18(22)23)13-10-16-6-8-17(9-7-16)24-15-14-20-11-4-5-12-20/h6-9H,4-5,10-15H2,1-3H3,(H,22,23). The summed E-state index contributed by atoms with van der Waals surface area (Å²) in [5.74, 6) is 0.879. The van der Waals surface area contributed by atoms with E-state index in [1.807, 2.05) is 45.0 Å². The number of hydrogen-bond acceptors (Lipinski definition) is 3. The van der Waals surface area contributed by atoms with Crippen LogP contribution in [0.3, 0.4) is 0 Å². The van der Waals surface area contributed by atoms with Gasteiger partial charge in [0, 0.05) is 18.6 Å². The van der Waals surface area contributed by atoms with Gasteiger partial charge in [0.1, 0.15) is 12.4 Å². The topological polar surface area (TPSA) is 53.0 Å². The van der Waals surface area contributed by atoms with Crippen LogP contribution in [0.15, 0.2) is 24.3 Å².